The van der Waals surface area contributed by atoms with Crippen LogP contribution in [0.3, 0.4) is 0 Å². The maximum Gasteiger partial charge on any atom is 0.0175 e. The van der Waals surface area contributed by atoms with Gasteiger partial charge in [-0.3, -0.25) is 0 Å². The Labute approximate surface area is 78.2 Å². The van der Waals surface area contributed by atoms with Crippen LogP contribution in [0.1, 0.15) is 0 Å². The third kappa shape index (κ3) is 6.05. The highest BCUT2D eigenvalue weighted by Gasteiger charge is 1.74. The van der Waals surface area contributed by atoms with Gasteiger partial charge in [0.1, 0.15) is 0 Å². The highest BCUT2D eigenvalue weighted by atomic mass is 79.9. The van der Waals surface area contributed by atoms with Gasteiger partial charge in [-0.15, -0.1) is 0 Å². The van der Waals surface area contributed by atoms with Gasteiger partial charge in [-0.25, -0.2) is 0 Å². The van der Waals surface area contributed by atoms with E-state index in [0.717, 1.165) is 4.47 Å². The largest absolute Gasteiger partial charge is 0.0921 e. The van der Waals surface area contributed by atoms with Crippen LogP contribution in [-0.2, 0) is 0 Å². The second-order valence-electron chi connectivity index (χ2n) is 1.45. The molecule has 1 rings (SSSR count). The number of benzene rings is 1. The molecule has 0 aliphatic carbocycles. The highest BCUT2D eigenvalue weighted by Crippen LogP contribution is 2.05. The first kappa shape index (κ1) is 9.92. The summed E-state index contributed by atoms with van der Waals surface area (Å²) in [5, 5.41) is 0. The molecular formula is C8H8Br2. The molecule has 0 spiro atoms. The van der Waals surface area contributed by atoms with Crippen LogP contribution in [0.4, 0.5) is 0 Å². The van der Waals surface area contributed by atoms with Gasteiger partial charge in [0, 0.05) is 4.47 Å². The average Bonchev–Trinajstić information content (AvgIpc) is 1.91. The lowest BCUT2D eigenvalue weighted by atomic mass is 10.4. The predicted molar refractivity (Wildman–Crippen MR) is 53.3 cm³/mol. The van der Waals surface area contributed by atoms with Crippen molar-refractivity contribution in [2.45, 2.75) is 0 Å². The molecule has 2 heteroatoms. The van der Waals surface area contributed by atoms with E-state index in [1.165, 1.54) is 0 Å². The average molecular weight is 264 g/mol. The minimum Gasteiger partial charge on any atom is -0.0921 e. The van der Waals surface area contributed by atoms with Crippen LogP contribution in [0, 0.1) is 0 Å². The fourth-order valence-corrected chi connectivity index (χ4v) is 0.720. The van der Waals surface area contributed by atoms with Crippen molar-refractivity contribution in [3.05, 3.63) is 46.4 Å². The number of hydrogen-bond donors (Lipinski definition) is 0. The molecule has 0 unspecified atom stereocenters. The van der Waals surface area contributed by atoms with Crippen LogP contribution < -0.4 is 0 Å². The molecule has 0 saturated heterocycles. The molecule has 0 atom stereocenters. The second kappa shape index (κ2) is 7.03. The molecule has 0 N–H and O–H groups in total. The van der Waals surface area contributed by atoms with Crippen molar-refractivity contribution in [2.24, 2.45) is 0 Å². The van der Waals surface area contributed by atoms with Crippen LogP contribution in [0.15, 0.2) is 46.4 Å². The molecule has 0 aromatic heterocycles. The van der Waals surface area contributed by atoms with Crippen LogP contribution in [0.25, 0.3) is 0 Å². The van der Waals surface area contributed by atoms with Gasteiger partial charge >= 0.3 is 0 Å². The first-order chi connectivity index (χ1) is 4.81. The highest BCUT2D eigenvalue weighted by molar-refractivity contribution is 9.11. The number of hydrogen-bond acceptors (Lipinski definition) is 0. The van der Waals surface area contributed by atoms with Gasteiger partial charge in [0.05, 0.1) is 0 Å². The second-order valence-corrected chi connectivity index (χ2v) is 3.01. The van der Waals surface area contributed by atoms with Gasteiger partial charge in [-0.2, -0.15) is 0 Å². The Bertz CT molecular complexity index is 170. The van der Waals surface area contributed by atoms with Crippen molar-refractivity contribution in [3.8, 4) is 0 Å². The first-order valence-electron chi connectivity index (χ1n) is 2.73. The van der Waals surface area contributed by atoms with Gasteiger partial charge in [-0.05, 0) is 17.1 Å². The molecular weight excluding hydrogens is 256 g/mol. The maximum atomic E-state index is 3.31. The molecule has 10 heavy (non-hydrogen) atoms. The fraction of sp³-hybridized carbons (Fsp3) is 0. The topological polar surface area (TPSA) is 0 Å². The summed E-state index contributed by atoms with van der Waals surface area (Å²) in [7, 11) is 0. The molecule has 0 radical (unpaired) electrons. The lowest BCUT2D eigenvalue weighted by Crippen LogP contribution is -1.55. The maximum absolute atomic E-state index is 3.31. The Balaban J connectivity index is 0.000000236. The summed E-state index contributed by atoms with van der Waals surface area (Å²) in [5.41, 5.74) is 0. The van der Waals surface area contributed by atoms with Gasteiger partial charge in [0.2, 0.25) is 0 Å². The molecule has 54 valence electrons. The van der Waals surface area contributed by atoms with E-state index in [9.17, 15) is 0 Å². The quantitative estimate of drug-likeness (QED) is 0.664. The van der Waals surface area contributed by atoms with E-state index in [2.05, 4.69) is 38.4 Å². The van der Waals surface area contributed by atoms with Crippen molar-refractivity contribution >= 4 is 31.9 Å². The van der Waals surface area contributed by atoms with Crippen molar-refractivity contribution in [1.82, 2.24) is 0 Å². The zero-order valence-electron chi connectivity index (χ0n) is 5.43. The smallest absolute Gasteiger partial charge is 0.0175 e. The molecule has 1 aromatic carbocycles. The van der Waals surface area contributed by atoms with E-state index in [-0.39, 0.29) is 0 Å². The Kier molecular flexibility index (Phi) is 6.98. The number of rotatable bonds is 0. The standard InChI is InChI=1S/C6H5Br.C2H3Br/c7-6-4-2-1-3-5-6;1-2-3/h1-5H;2H,1H2. The Hall–Kier alpha value is -0.0800. The van der Waals surface area contributed by atoms with E-state index >= 15 is 0 Å². The van der Waals surface area contributed by atoms with E-state index in [4.69, 9.17) is 0 Å². The third-order valence-corrected chi connectivity index (χ3v) is 1.26. The SMILES string of the molecule is Brc1ccccc1.C=CBr. The number of halogens is 2. The molecule has 0 bridgehead atoms. The first-order valence-corrected chi connectivity index (χ1v) is 4.43. The summed E-state index contributed by atoms with van der Waals surface area (Å²) >= 11 is 6.22. The van der Waals surface area contributed by atoms with Crippen molar-refractivity contribution in [2.75, 3.05) is 0 Å². The molecule has 0 aliphatic rings. The van der Waals surface area contributed by atoms with Gasteiger partial charge in [0.25, 0.3) is 0 Å². The Morgan fingerprint density at radius 3 is 1.80 bits per heavy atom. The van der Waals surface area contributed by atoms with Gasteiger partial charge in [0.15, 0.2) is 0 Å². The molecule has 0 aliphatic heterocycles. The van der Waals surface area contributed by atoms with Crippen LogP contribution in [0.5, 0.6) is 0 Å². The molecule has 0 amide bonds. The summed E-state index contributed by atoms with van der Waals surface area (Å²) in [6, 6.07) is 9.97. The summed E-state index contributed by atoms with van der Waals surface area (Å²) in [6.07, 6.45) is 0. The zero-order valence-corrected chi connectivity index (χ0v) is 8.60. The Morgan fingerprint density at radius 1 is 1.20 bits per heavy atom. The summed E-state index contributed by atoms with van der Waals surface area (Å²) in [6.45, 7) is 3.28. The van der Waals surface area contributed by atoms with Crippen LogP contribution in [-0.4, -0.2) is 0 Å². The van der Waals surface area contributed by atoms with Crippen LogP contribution >= 0.6 is 31.9 Å². The van der Waals surface area contributed by atoms with Crippen molar-refractivity contribution in [1.29, 1.82) is 0 Å². The monoisotopic (exact) mass is 262 g/mol. The molecule has 0 saturated carbocycles. The third-order valence-electron chi connectivity index (χ3n) is 0.733. The van der Waals surface area contributed by atoms with E-state index in [1.54, 1.807) is 4.99 Å². The van der Waals surface area contributed by atoms with Gasteiger partial charge in [-0.1, -0.05) is 56.6 Å². The molecule has 0 nitrogen and oxygen atoms in total. The lowest BCUT2D eigenvalue weighted by molar-refractivity contribution is 1.66. The van der Waals surface area contributed by atoms with E-state index < -0.39 is 0 Å². The minimum atomic E-state index is 1.13. The summed E-state index contributed by atoms with van der Waals surface area (Å²) in [4.78, 5) is 1.56. The van der Waals surface area contributed by atoms with Crippen molar-refractivity contribution < 1.29 is 0 Å². The zero-order chi connectivity index (χ0) is 7.82. The molecule has 0 fully saturated rings. The van der Waals surface area contributed by atoms with E-state index in [0.29, 0.717) is 0 Å². The normalized spacial score (nSPS) is 7.40. The van der Waals surface area contributed by atoms with Crippen molar-refractivity contribution in [3.63, 3.8) is 0 Å². The summed E-state index contributed by atoms with van der Waals surface area (Å²) in [5.74, 6) is 0. The Morgan fingerprint density at radius 2 is 1.60 bits per heavy atom. The molecule has 1 aromatic rings. The minimum absolute atomic E-state index is 1.13. The van der Waals surface area contributed by atoms with E-state index in [1.807, 2.05) is 30.3 Å². The molecule has 0 heterocycles. The lowest BCUT2D eigenvalue weighted by Gasteiger charge is -1.80. The fourth-order valence-electron chi connectivity index (χ4n) is 0.415. The van der Waals surface area contributed by atoms with Crippen LogP contribution in [0.2, 0.25) is 0 Å². The summed E-state index contributed by atoms with van der Waals surface area (Å²) < 4.78 is 1.13. The van der Waals surface area contributed by atoms with Gasteiger partial charge < -0.3 is 0 Å². The predicted octanol–water partition coefficient (Wildman–Crippen LogP) is 3.97.